The summed E-state index contributed by atoms with van der Waals surface area (Å²) in [6.45, 7) is -0.709. The minimum Gasteiger partial charge on any atom is -0.454 e. The molecule has 3 aliphatic rings. The molecule has 248 valence electrons. The van der Waals surface area contributed by atoms with Gasteiger partial charge in [0.05, 0.1) is 6.61 Å². The Morgan fingerprint density at radius 1 is 0.723 bits per heavy atom. The molecule has 1 fully saturated rings. The van der Waals surface area contributed by atoms with Crippen molar-refractivity contribution in [1.82, 2.24) is 0 Å². The summed E-state index contributed by atoms with van der Waals surface area (Å²) in [5.74, 6) is 1.11. The summed E-state index contributed by atoms with van der Waals surface area (Å²) >= 11 is 0. The summed E-state index contributed by atoms with van der Waals surface area (Å²) in [5.41, 5.74) is 0.585. The summed E-state index contributed by atoms with van der Waals surface area (Å²) in [4.78, 5) is 39.3. The van der Waals surface area contributed by atoms with Crippen molar-refractivity contribution in [2.75, 3.05) is 43.3 Å². The highest BCUT2D eigenvalue weighted by Crippen LogP contribution is 2.36. The zero-order chi connectivity index (χ0) is 32.9. The van der Waals surface area contributed by atoms with E-state index < -0.39 is 61.4 Å². The molecule has 3 aromatic rings. The number of carbonyl (C=O) groups excluding carboxylic acids is 3. The van der Waals surface area contributed by atoms with Crippen molar-refractivity contribution < 1.29 is 66.5 Å². The van der Waals surface area contributed by atoms with Gasteiger partial charge in [-0.25, -0.2) is 18.8 Å². The zero-order valence-corrected chi connectivity index (χ0v) is 24.5. The average Bonchev–Trinajstić information content (AvgIpc) is 3.71. The lowest BCUT2D eigenvalue weighted by molar-refractivity contribution is -0.290. The zero-order valence-electron chi connectivity index (χ0n) is 24.5. The summed E-state index contributed by atoms with van der Waals surface area (Å²) in [6.07, 6.45) is -10.7. The van der Waals surface area contributed by atoms with Crippen molar-refractivity contribution in [3.63, 3.8) is 0 Å². The van der Waals surface area contributed by atoms with E-state index in [2.05, 4.69) is 16.0 Å². The number of hydrogen-bond acceptors (Lipinski definition) is 13. The molecular formula is C30H28FN3O13. The highest BCUT2D eigenvalue weighted by atomic mass is 19.1. The van der Waals surface area contributed by atoms with E-state index in [9.17, 15) is 23.9 Å². The standard InChI is InChI=1S/C30H28FN3O13/c1-39-27-26(47-30(38)34-18-6-8-20-22(11-18)43-14-41-20)25(46-29(37)33-17-5-7-19-21(10-17)42-13-40-19)24(23(12-35)44-27)45-28(36)32-16-4-2-3-15(31)9-16/h2-11,23-27,35H,12-14H2,1H3,(H,32,36)(H,33,37)(H,34,38)/t23-,24-,25+,26-,27+/m1/s1. The molecule has 0 aliphatic carbocycles. The molecule has 1 saturated heterocycles. The Labute approximate surface area is 265 Å². The monoisotopic (exact) mass is 657 g/mol. The number of ether oxygens (including phenoxy) is 9. The summed E-state index contributed by atoms with van der Waals surface area (Å²) in [7, 11) is 1.23. The van der Waals surface area contributed by atoms with E-state index in [-0.39, 0.29) is 30.6 Å². The Morgan fingerprint density at radius 2 is 1.23 bits per heavy atom. The topological polar surface area (TPSA) is 191 Å². The van der Waals surface area contributed by atoms with E-state index in [1.54, 1.807) is 12.1 Å². The molecule has 6 rings (SSSR count). The van der Waals surface area contributed by atoms with Gasteiger partial charge in [0.2, 0.25) is 13.6 Å². The fourth-order valence-electron chi connectivity index (χ4n) is 4.94. The van der Waals surface area contributed by atoms with Crippen molar-refractivity contribution in [2.24, 2.45) is 0 Å². The number of methoxy groups -OCH3 is 1. The fraction of sp³-hybridized carbons (Fsp3) is 0.300. The summed E-state index contributed by atoms with van der Waals surface area (Å²) in [5, 5.41) is 17.6. The number of rotatable bonds is 8. The number of halogens is 1. The average molecular weight is 658 g/mol. The van der Waals surface area contributed by atoms with Gasteiger partial charge in [0.15, 0.2) is 47.6 Å². The second-order valence-electron chi connectivity index (χ2n) is 10.1. The van der Waals surface area contributed by atoms with Crippen LogP contribution in [-0.4, -0.2) is 81.4 Å². The van der Waals surface area contributed by atoms with Gasteiger partial charge >= 0.3 is 18.3 Å². The van der Waals surface area contributed by atoms with Crippen LogP contribution in [0.25, 0.3) is 0 Å². The van der Waals surface area contributed by atoms with Gasteiger partial charge in [0.25, 0.3) is 0 Å². The van der Waals surface area contributed by atoms with E-state index in [0.29, 0.717) is 23.0 Å². The summed E-state index contributed by atoms with van der Waals surface area (Å²) in [6, 6.07) is 14.2. The number of amides is 3. The van der Waals surface area contributed by atoms with Gasteiger partial charge in [-0.05, 0) is 42.5 Å². The lowest BCUT2D eigenvalue weighted by atomic mass is 9.98. The maximum Gasteiger partial charge on any atom is 0.412 e. The van der Waals surface area contributed by atoms with Crippen LogP contribution in [0, 0.1) is 5.82 Å². The third-order valence-corrected chi connectivity index (χ3v) is 7.04. The maximum absolute atomic E-state index is 13.7. The van der Waals surface area contributed by atoms with Crippen LogP contribution in [0.15, 0.2) is 60.7 Å². The molecule has 0 saturated carbocycles. The van der Waals surface area contributed by atoms with Crippen molar-refractivity contribution in [3.8, 4) is 23.0 Å². The number of aliphatic hydroxyl groups excluding tert-OH is 1. The first-order valence-corrected chi connectivity index (χ1v) is 14.1. The number of hydrogen-bond donors (Lipinski definition) is 4. The van der Waals surface area contributed by atoms with Gasteiger partial charge < -0.3 is 47.7 Å². The number of fused-ring (bicyclic) bond motifs is 2. The number of nitrogens with one attached hydrogen (secondary N) is 3. The second-order valence-corrected chi connectivity index (χ2v) is 10.1. The molecule has 0 bridgehead atoms. The number of benzene rings is 3. The Hall–Kier alpha value is -5.52. The van der Waals surface area contributed by atoms with Crippen LogP contribution in [-0.2, 0) is 23.7 Å². The van der Waals surface area contributed by atoms with Gasteiger partial charge in [0.1, 0.15) is 11.9 Å². The molecule has 3 amide bonds. The molecule has 3 aliphatic heterocycles. The highest BCUT2D eigenvalue weighted by molar-refractivity contribution is 5.87. The van der Waals surface area contributed by atoms with E-state index in [0.717, 1.165) is 6.07 Å². The SMILES string of the molecule is CO[C@H]1O[C@H](CO)[C@@H](OC(=O)Nc2cccc(F)c2)[C@H](OC(=O)Nc2ccc3c(c2)OCO3)[C@H]1OC(=O)Nc1ccc2c(c1)OCO2. The van der Waals surface area contributed by atoms with Gasteiger partial charge in [-0.2, -0.15) is 0 Å². The molecule has 16 nitrogen and oxygen atoms in total. The Morgan fingerprint density at radius 3 is 1.77 bits per heavy atom. The smallest absolute Gasteiger partial charge is 0.412 e. The predicted molar refractivity (Wildman–Crippen MR) is 156 cm³/mol. The highest BCUT2D eigenvalue weighted by Gasteiger charge is 2.53. The van der Waals surface area contributed by atoms with Crippen molar-refractivity contribution >= 4 is 35.3 Å². The fourth-order valence-corrected chi connectivity index (χ4v) is 4.94. The quantitative estimate of drug-likeness (QED) is 0.256. The van der Waals surface area contributed by atoms with Crippen LogP contribution < -0.4 is 34.9 Å². The largest absolute Gasteiger partial charge is 0.454 e. The lowest BCUT2D eigenvalue weighted by Crippen LogP contribution is -2.63. The second kappa shape index (κ2) is 13.9. The predicted octanol–water partition coefficient (Wildman–Crippen LogP) is 3.80. The molecule has 0 aromatic heterocycles. The van der Waals surface area contributed by atoms with E-state index in [1.165, 1.54) is 49.6 Å². The Balaban J connectivity index is 1.24. The van der Waals surface area contributed by atoms with Gasteiger partial charge in [0, 0.05) is 36.3 Å². The van der Waals surface area contributed by atoms with E-state index in [4.69, 9.17) is 42.6 Å². The van der Waals surface area contributed by atoms with Crippen LogP contribution in [0.1, 0.15) is 0 Å². The van der Waals surface area contributed by atoms with Crippen molar-refractivity contribution in [2.45, 2.75) is 30.7 Å². The van der Waals surface area contributed by atoms with Crippen LogP contribution in [0.4, 0.5) is 35.8 Å². The minimum absolute atomic E-state index is 0.0102. The normalized spacial score (nSPS) is 22.1. The van der Waals surface area contributed by atoms with E-state index in [1.807, 2.05) is 0 Å². The first-order valence-electron chi connectivity index (χ1n) is 14.1. The molecule has 0 spiro atoms. The van der Waals surface area contributed by atoms with Crippen LogP contribution >= 0.6 is 0 Å². The summed E-state index contributed by atoms with van der Waals surface area (Å²) < 4.78 is 62.9. The molecule has 3 aromatic carbocycles. The molecule has 3 heterocycles. The van der Waals surface area contributed by atoms with Crippen LogP contribution in [0.2, 0.25) is 0 Å². The van der Waals surface area contributed by atoms with Crippen molar-refractivity contribution in [3.05, 3.63) is 66.5 Å². The Bertz CT molecular complexity index is 1640. The lowest BCUT2D eigenvalue weighted by Gasteiger charge is -2.43. The van der Waals surface area contributed by atoms with E-state index >= 15 is 0 Å². The number of carbonyl (C=O) groups is 3. The molecule has 47 heavy (non-hydrogen) atoms. The van der Waals surface area contributed by atoms with Crippen LogP contribution in [0.5, 0.6) is 23.0 Å². The molecular weight excluding hydrogens is 629 g/mol. The Kier molecular flexibility index (Phi) is 9.28. The molecule has 4 N–H and O–H groups in total. The third-order valence-electron chi connectivity index (χ3n) is 7.04. The first-order chi connectivity index (χ1) is 22.8. The molecule has 0 unspecified atom stereocenters. The molecule has 17 heteroatoms. The molecule has 5 atom stereocenters. The van der Waals surface area contributed by atoms with Gasteiger partial charge in [-0.3, -0.25) is 16.0 Å². The minimum atomic E-state index is -1.62. The molecule has 0 radical (unpaired) electrons. The van der Waals surface area contributed by atoms with Gasteiger partial charge in [-0.15, -0.1) is 0 Å². The number of aliphatic hydroxyl groups is 1. The number of anilines is 3. The third kappa shape index (κ3) is 7.32. The maximum atomic E-state index is 13.7. The van der Waals surface area contributed by atoms with Crippen LogP contribution in [0.3, 0.4) is 0 Å². The first kappa shape index (κ1) is 31.5. The van der Waals surface area contributed by atoms with Crippen molar-refractivity contribution in [1.29, 1.82) is 0 Å². The van der Waals surface area contributed by atoms with Gasteiger partial charge in [-0.1, -0.05) is 6.07 Å².